The number of rotatable bonds is 3. The van der Waals surface area contributed by atoms with Gasteiger partial charge in [-0.05, 0) is 73.1 Å². The van der Waals surface area contributed by atoms with E-state index in [4.69, 9.17) is 12.2 Å². The van der Waals surface area contributed by atoms with Gasteiger partial charge in [0.2, 0.25) is 0 Å². The van der Waals surface area contributed by atoms with E-state index in [1.54, 1.807) is 0 Å². The molecule has 92 valence electrons. The molecular weight excluding hydrogens is 363 g/mol. The summed E-state index contributed by atoms with van der Waals surface area (Å²) in [4.78, 5) is 3.28. The van der Waals surface area contributed by atoms with E-state index < -0.39 is 0 Å². The maximum atomic E-state index is 5.41. The van der Waals surface area contributed by atoms with Gasteiger partial charge in [0.15, 0.2) is 4.77 Å². The maximum Gasteiger partial charge on any atom is 0.178 e. The van der Waals surface area contributed by atoms with Crippen molar-refractivity contribution < 1.29 is 0 Å². The lowest BCUT2D eigenvalue weighted by Gasteiger charge is -2.22. The number of benzene rings is 1. The Morgan fingerprint density at radius 1 is 1.47 bits per heavy atom. The average molecular weight is 378 g/mol. The molecule has 2 aromatic rings. The van der Waals surface area contributed by atoms with Gasteiger partial charge in [0, 0.05) is 14.9 Å². The fourth-order valence-electron chi connectivity index (χ4n) is 1.74. The lowest BCUT2D eigenvalue weighted by molar-refractivity contribution is 0.575. The second kappa shape index (κ2) is 4.93. The van der Waals surface area contributed by atoms with Crippen LogP contribution in [0.15, 0.2) is 18.2 Å². The molecule has 0 bridgehead atoms. The van der Waals surface area contributed by atoms with Crippen molar-refractivity contribution in [1.82, 2.24) is 9.55 Å². The molecule has 17 heavy (non-hydrogen) atoms. The summed E-state index contributed by atoms with van der Waals surface area (Å²) in [7, 11) is 0. The van der Waals surface area contributed by atoms with Gasteiger partial charge in [-0.15, -0.1) is 0 Å². The Morgan fingerprint density at radius 3 is 2.82 bits per heavy atom. The summed E-state index contributed by atoms with van der Waals surface area (Å²) >= 11 is 9.59. The van der Waals surface area contributed by atoms with Gasteiger partial charge in [0.05, 0.1) is 11.0 Å². The molecule has 0 unspecified atom stereocenters. The van der Waals surface area contributed by atoms with E-state index in [9.17, 15) is 0 Å². The summed E-state index contributed by atoms with van der Waals surface area (Å²) in [5.74, 6) is 0. The fourth-order valence-corrected chi connectivity index (χ4v) is 2.76. The third-order valence-corrected chi connectivity index (χ3v) is 5.06. The first kappa shape index (κ1) is 13.4. The number of thioether (sulfide) groups is 1. The van der Waals surface area contributed by atoms with Gasteiger partial charge in [-0.25, -0.2) is 0 Å². The Balaban J connectivity index is 2.54. The number of halogens is 1. The van der Waals surface area contributed by atoms with Gasteiger partial charge < -0.3 is 9.55 Å². The topological polar surface area (TPSA) is 20.7 Å². The molecule has 2 nitrogen and oxygen atoms in total. The Bertz CT molecular complexity index is 598. The van der Waals surface area contributed by atoms with Gasteiger partial charge in [0.25, 0.3) is 0 Å². The van der Waals surface area contributed by atoms with Gasteiger partial charge >= 0.3 is 0 Å². The van der Waals surface area contributed by atoms with Crippen LogP contribution >= 0.6 is 46.6 Å². The SMILES string of the molecule is CSC(C)(C)Cn1c(=S)[nH]c2cc(I)ccc21. The number of hydrogen-bond acceptors (Lipinski definition) is 2. The first-order valence-corrected chi connectivity index (χ1v) is 8.07. The van der Waals surface area contributed by atoms with E-state index in [1.165, 1.54) is 9.09 Å². The van der Waals surface area contributed by atoms with Gasteiger partial charge in [-0.2, -0.15) is 11.8 Å². The van der Waals surface area contributed by atoms with Crippen LogP contribution in [0.25, 0.3) is 11.0 Å². The van der Waals surface area contributed by atoms with Crippen LogP contribution in [0.4, 0.5) is 0 Å². The molecule has 1 N–H and O–H groups in total. The van der Waals surface area contributed by atoms with Crippen LogP contribution in [0.2, 0.25) is 0 Å². The third-order valence-electron chi connectivity index (χ3n) is 2.83. The summed E-state index contributed by atoms with van der Waals surface area (Å²) in [6.07, 6.45) is 2.14. The molecule has 0 saturated heterocycles. The molecule has 0 aliphatic rings. The third kappa shape index (κ3) is 2.88. The van der Waals surface area contributed by atoms with Gasteiger partial charge in [0.1, 0.15) is 0 Å². The molecule has 1 heterocycles. The molecule has 0 fully saturated rings. The van der Waals surface area contributed by atoms with Crippen molar-refractivity contribution in [2.75, 3.05) is 6.26 Å². The highest BCUT2D eigenvalue weighted by atomic mass is 127. The minimum absolute atomic E-state index is 0.191. The molecule has 0 saturated carbocycles. The van der Waals surface area contributed by atoms with Crippen LogP contribution in [0.5, 0.6) is 0 Å². The standard InChI is InChI=1S/C12H15IN2S2/c1-12(2,17-3)7-15-10-5-4-8(13)6-9(10)14-11(15)16/h4-6H,7H2,1-3H3,(H,14,16). The highest BCUT2D eigenvalue weighted by Gasteiger charge is 2.18. The summed E-state index contributed by atoms with van der Waals surface area (Å²) < 4.78 is 4.42. The molecule has 0 amide bonds. The fraction of sp³-hybridized carbons (Fsp3) is 0.417. The van der Waals surface area contributed by atoms with E-state index in [0.29, 0.717) is 0 Å². The van der Waals surface area contributed by atoms with Crippen molar-refractivity contribution in [3.05, 3.63) is 26.5 Å². The second-order valence-electron chi connectivity index (χ2n) is 4.64. The molecule has 0 aliphatic carbocycles. The summed E-state index contributed by atoms with van der Waals surface area (Å²) in [6, 6.07) is 6.39. The van der Waals surface area contributed by atoms with Crippen molar-refractivity contribution in [2.24, 2.45) is 0 Å². The molecular formula is C12H15IN2S2. The zero-order chi connectivity index (χ0) is 12.6. The predicted octanol–water partition coefficient (Wildman–Crippen LogP) is 4.45. The van der Waals surface area contributed by atoms with Crippen molar-refractivity contribution in [3.63, 3.8) is 0 Å². The highest BCUT2D eigenvalue weighted by Crippen LogP contribution is 2.26. The van der Waals surface area contributed by atoms with E-state index in [2.05, 4.69) is 70.4 Å². The van der Waals surface area contributed by atoms with Crippen LogP contribution in [0.1, 0.15) is 13.8 Å². The normalized spacial score (nSPS) is 12.2. The molecule has 1 aromatic carbocycles. The quantitative estimate of drug-likeness (QED) is 0.630. The molecule has 0 aliphatic heterocycles. The van der Waals surface area contributed by atoms with Crippen LogP contribution < -0.4 is 0 Å². The Morgan fingerprint density at radius 2 is 2.18 bits per heavy atom. The summed E-state index contributed by atoms with van der Waals surface area (Å²) in [6.45, 7) is 5.41. The first-order valence-electron chi connectivity index (χ1n) is 5.36. The molecule has 0 radical (unpaired) electrons. The Kier molecular flexibility index (Phi) is 3.89. The summed E-state index contributed by atoms with van der Waals surface area (Å²) in [5.41, 5.74) is 2.32. The van der Waals surface area contributed by atoms with Crippen LogP contribution in [-0.4, -0.2) is 20.6 Å². The minimum atomic E-state index is 0.191. The van der Waals surface area contributed by atoms with E-state index in [1.807, 2.05) is 11.8 Å². The minimum Gasteiger partial charge on any atom is -0.331 e. The van der Waals surface area contributed by atoms with Crippen molar-refractivity contribution in [3.8, 4) is 0 Å². The summed E-state index contributed by atoms with van der Waals surface area (Å²) in [5, 5.41) is 0. The molecule has 1 aromatic heterocycles. The molecule has 2 rings (SSSR count). The van der Waals surface area contributed by atoms with Crippen LogP contribution in [-0.2, 0) is 6.54 Å². The molecule has 5 heteroatoms. The number of fused-ring (bicyclic) bond motifs is 1. The lowest BCUT2D eigenvalue weighted by Crippen LogP contribution is -2.22. The van der Waals surface area contributed by atoms with E-state index >= 15 is 0 Å². The molecule has 0 atom stereocenters. The van der Waals surface area contributed by atoms with Crippen molar-refractivity contribution in [1.29, 1.82) is 0 Å². The van der Waals surface area contributed by atoms with Crippen LogP contribution in [0, 0.1) is 8.34 Å². The van der Waals surface area contributed by atoms with E-state index in [0.717, 1.165) is 16.8 Å². The highest BCUT2D eigenvalue weighted by molar-refractivity contribution is 14.1. The lowest BCUT2D eigenvalue weighted by atomic mass is 10.2. The largest absolute Gasteiger partial charge is 0.331 e. The van der Waals surface area contributed by atoms with Crippen LogP contribution in [0.3, 0.4) is 0 Å². The monoisotopic (exact) mass is 378 g/mol. The Labute approximate surface area is 124 Å². The second-order valence-corrected chi connectivity index (χ2v) is 7.79. The number of nitrogens with zero attached hydrogens (tertiary/aromatic N) is 1. The van der Waals surface area contributed by atoms with Crippen molar-refractivity contribution >= 4 is 57.6 Å². The smallest absolute Gasteiger partial charge is 0.178 e. The van der Waals surface area contributed by atoms with Gasteiger partial charge in [-0.1, -0.05) is 0 Å². The average Bonchev–Trinajstić information content (AvgIpc) is 2.54. The van der Waals surface area contributed by atoms with Gasteiger partial charge in [-0.3, -0.25) is 0 Å². The zero-order valence-corrected chi connectivity index (χ0v) is 13.9. The number of imidazole rings is 1. The zero-order valence-electron chi connectivity index (χ0n) is 10.1. The number of aromatic amines is 1. The number of nitrogens with one attached hydrogen (secondary N) is 1. The molecule has 0 spiro atoms. The van der Waals surface area contributed by atoms with E-state index in [-0.39, 0.29) is 4.75 Å². The predicted molar refractivity (Wildman–Crippen MR) is 87.4 cm³/mol. The van der Waals surface area contributed by atoms with Crippen molar-refractivity contribution in [2.45, 2.75) is 25.1 Å². The number of aromatic nitrogens is 2. The first-order chi connectivity index (χ1) is 7.93. The maximum absolute atomic E-state index is 5.41. The number of hydrogen-bond donors (Lipinski definition) is 1. The number of H-pyrrole nitrogens is 1. The Hall–Kier alpha value is -0.0100.